The predicted octanol–water partition coefficient (Wildman–Crippen LogP) is 2.57. The molecular formula is C19H22ClN3O4S. The number of ether oxygens (including phenoxy) is 1. The molecule has 1 fully saturated rings. The van der Waals surface area contributed by atoms with Crippen LogP contribution in [-0.4, -0.2) is 51.0 Å². The van der Waals surface area contributed by atoms with E-state index >= 15 is 0 Å². The van der Waals surface area contributed by atoms with Gasteiger partial charge in [0.2, 0.25) is 10.0 Å². The van der Waals surface area contributed by atoms with E-state index in [9.17, 15) is 13.2 Å². The molecule has 9 heteroatoms. The van der Waals surface area contributed by atoms with E-state index in [2.05, 4.69) is 9.71 Å². The summed E-state index contributed by atoms with van der Waals surface area (Å²) in [6.45, 7) is 1.52. The highest BCUT2D eigenvalue weighted by Gasteiger charge is 2.25. The van der Waals surface area contributed by atoms with Crippen molar-refractivity contribution in [3.8, 4) is 5.75 Å². The monoisotopic (exact) mass is 423 g/mol. The van der Waals surface area contributed by atoms with Gasteiger partial charge in [-0.15, -0.1) is 0 Å². The molecule has 1 aliphatic heterocycles. The second-order valence-electron chi connectivity index (χ2n) is 6.62. The van der Waals surface area contributed by atoms with Gasteiger partial charge >= 0.3 is 0 Å². The number of methoxy groups -OCH3 is 1. The third-order valence-electron chi connectivity index (χ3n) is 4.82. The lowest BCUT2D eigenvalue weighted by molar-refractivity contribution is 0.0692. The molecule has 1 aliphatic rings. The number of carbonyl (C=O) groups excluding carboxylic acids is 1. The van der Waals surface area contributed by atoms with E-state index in [0.717, 1.165) is 12.8 Å². The molecule has 2 heterocycles. The van der Waals surface area contributed by atoms with Gasteiger partial charge in [-0.25, -0.2) is 13.1 Å². The van der Waals surface area contributed by atoms with Crippen LogP contribution in [0, 0.1) is 5.92 Å². The summed E-state index contributed by atoms with van der Waals surface area (Å²) in [5.74, 6) is 0.575. The number of nitrogens with zero attached hydrogens (tertiary/aromatic N) is 2. The molecule has 0 saturated carbocycles. The van der Waals surface area contributed by atoms with E-state index in [0.29, 0.717) is 30.9 Å². The summed E-state index contributed by atoms with van der Waals surface area (Å²) in [5.41, 5.74) is 0.616. The zero-order valence-electron chi connectivity index (χ0n) is 15.5. The topological polar surface area (TPSA) is 88.6 Å². The smallest absolute Gasteiger partial charge is 0.253 e. The second kappa shape index (κ2) is 8.89. The SMILES string of the molecule is COc1ccc(S(=O)(=O)NCC2CCN(C(=O)c3ccncc3)CC2)cc1Cl. The molecule has 7 nitrogen and oxygen atoms in total. The molecule has 0 atom stereocenters. The zero-order valence-corrected chi connectivity index (χ0v) is 17.0. The van der Waals surface area contributed by atoms with Gasteiger partial charge in [0.25, 0.3) is 5.91 Å². The van der Waals surface area contributed by atoms with Crippen LogP contribution < -0.4 is 9.46 Å². The number of hydrogen-bond acceptors (Lipinski definition) is 5. The molecule has 0 spiro atoms. The number of piperidine rings is 1. The quantitative estimate of drug-likeness (QED) is 0.771. The lowest BCUT2D eigenvalue weighted by atomic mass is 9.97. The number of hydrogen-bond donors (Lipinski definition) is 1. The van der Waals surface area contributed by atoms with Crippen LogP contribution in [0.3, 0.4) is 0 Å². The van der Waals surface area contributed by atoms with Crippen LogP contribution in [0.4, 0.5) is 0 Å². The fraction of sp³-hybridized carbons (Fsp3) is 0.368. The highest BCUT2D eigenvalue weighted by molar-refractivity contribution is 7.89. The molecule has 0 radical (unpaired) electrons. The van der Waals surface area contributed by atoms with Crippen LogP contribution in [0.2, 0.25) is 5.02 Å². The van der Waals surface area contributed by atoms with Gasteiger partial charge in [-0.1, -0.05) is 11.6 Å². The molecule has 1 saturated heterocycles. The van der Waals surface area contributed by atoms with Crippen molar-refractivity contribution in [3.63, 3.8) is 0 Å². The first-order valence-electron chi connectivity index (χ1n) is 8.93. The highest BCUT2D eigenvalue weighted by Crippen LogP contribution is 2.27. The summed E-state index contributed by atoms with van der Waals surface area (Å²) < 4.78 is 32.7. The van der Waals surface area contributed by atoms with Crippen LogP contribution >= 0.6 is 11.6 Å². The number of sulfonamides is 1. The van der Waals surface area contributed by atoms with Gasteiger partial charge in [-0.3, -0.25) is 9.78 Å². The molecule has 3 rings (SSSR count). The van der Waals surface area contributed by atoms with E-state index < -0.39 is 10.0 Å². The highest BCUT2D eigenvalue weighted by atomic mass is 35.5. The number of amides is 1. The third kappa shape index (κ3) is 4.81. The Hall–Kier alpha value is -2.16. The average molecular weight is 424 g/mol. The number of aromatic nitrogens is 1. The van der Waals surface area contributed by atoms with Crippen molar-refractivity contribution in [1.82, 2.24) is 14.6 Å². The number of likely N-dealkylation sites (tertiary alicyclic amines) is 1. The van der Waals surface area contributed by atoms with Crippen molar-refractivity contribution >= 4 is 27.5 Å². The minimum absolute atomic E-state index is 0.0192. The Bertz CT molecular complexity index is 929. The number of carbonyl (C=O) groups is 1. The summed E-state index contributed by atoms with van der Waals surface area (Å²) in [4.78, 5) is 18.3. The summed E-state index contributed by atoms with van der Waals surface area (Å²) in [6.07, 6.45) is 4.67. The largest absolute Gasteiger partial charge is 0.495 e. The fourth-order valence-corrected chi connectivity index (χ4v) is 4.61. The van der Waals surface area contributed by atoms with Crippen LogP contribution in [0.15, 0.2) is 47.6 Å². The third-order valence-corrected chi connectivity index (χ3v) is 6.54. The lowest BCUT2D eigenvalue weighted by Gasteiger charge is -2.32. The summed E-state index contributed by atoms with van der Waals surface area (Å²) in [6, 6.07) is 7.76. The first-order valence-corrected chi connectivity index (χ1v) is 10.8. The van der Waals surface area contributed by atoms with Crippen molar-refractivity contribution in [2.45, 2.75) is 17.7 Å². The van der Waals surface area contributed by atoms with E-state index in [1.54, 1.807) is 29.4 Å². The maximum Gasteiger partial charge on any atom is 0.253 e. The molecule has 2 aromatic rings. The first-order chi connectivity index (χ1) is 13.4. The number of rotatable bonds is 6. The molecule has 1 N–H and O–H groups in total. The van der Waals surface area contributed by atoms with Gasteiger partial charge in [-0.05, 0) is 49.1 Å². The van der Waals surface area contributed by atoms with Gasteiger partial charge in [-0.2, -0.15) is 0 Å². The Morgan fingerprint density at radius 1 is 1.25 bits per heavy atom. The van der Waals surface area contributed by atoms with Gasteiger partial charge < -0.3 is 9.64 Å². The van der Waals surface area contributed by atoms with Gasteiger partial charge in [0, 0.05) is 37.6 Å². The van der Waals surface area contributed by atoms with Gasteiger partial charge in [0.05, 0.1) is 17.0 Å². The van der Waals surface area contributed by atoms with Crippen LogP contribution in [0.5, 0.6) is 5.75 Å². The standard InChI is InChI=1S/C19H22ClN3O4S/c1-27-18-3-2-16(12-17(18)20)28(25,26)22-13-14-6-10-23(11-7-14)19(24)15-4-8-21-9-5-15/h2-5,8-9,12,14,22H,6-7,10-11,13H2,1H3. The van der Waals surface area contributed by atoms with Crippen molar-refractivity contribution in [1.29, 1.82) is 0 Å². The Morgan fingerprint density at radius 2 is 1.93 bits per heavy atom. The van der Waals surface area contributed by atoms with Crippen molar-refractivity contribution in [3.05, 3.63) is 53.3 Å². The normalized spacial score (nSPS) is 15.4. The number of halogens is 1. The summed E-state index contributed by atoms with van der Waals surface area (Å²) in [7, 11) is -2.19. The summed E-state index contributed by atoms with van der Waals surface area (Å²) >= 11 is 6.02. The maximum atomic E-state index is 12.5. The fourth-order valence-electron chi connectivity index (χ4n) is 3.14. The van der Waals surface area contributed by atoms with Crippen molar-refractivity contribution in [2.24, 2.45) is 5.92 Å². The molecular weight excluding hydrogens is 402 g/mol. The van der Waals surface area contributed by atoms with Crippen LogP contribution in [0.25, 0.3) is 0 Å². The van der Waals surface area contributed by atoms with Gasteiger partial charge in [0.15, 0.2) is 0 Å². The number of nitrogens with one attached hydrogen (secondary N) is 1. The molecule has 0 bridgehead atoms. The number of benzene rings is 1. The van der Waals surface area contributed by atoms with E-state index in [1.807, 2.05) is 0 Å². The van der Waals surface area contributed by atoms with Gasteiger partial charge in [0.1, 0.15) is 5.75 Å². The lowest BCUT2D eigenvalue weighted by Crippen LogP contribution is -2.41. The van der Waals surface area contributed by atoms with E-state index in [4.69, 9.17) is 16.3 Å². The Balaban J connectivity index is 1.53. The van der Waals surface area contributed by atoms with E-state index in [1.165, 1.54) is 25.3 Å². The maximum absolute atomic E-state index is 12.5. The Morgan fingerprint density at radius 3 is 2.54 bits per heavy atom. The molecule has 1 aromatic heterocycles. The van der Waals surface area contributed by atoms with Crippen LogP contribution in [-0.2, 0) is 10.0 Å². The molecule has 150 valence electrons. The first kappa shape index (κ1) is 20.6. The molecule has 1 aromatic carbocycles. The molecule has 0 aliphatic carbocycles. The molecule has 28 heavy (non-hydrogen) atoms. The average Bonchev–Trinajstić information content (AvgIpc) is 2.72. The Labute approximate surface area is 169 Å². The van der Waals surface area contributed by atoms with Crippen LogP contribution in [0.1, 0.15) is 23.2 Å². The van der Waals surface area contributed by atoms with Crippen molar-refractivity contribution < 1.29 is 17.9 Å². The minimum atomic E-state index is -3.66. The minimum Gasteiger partial charge on any atom is -0.495 e. The number of pyridine rings is 1. The second-order valence-corrected chi connectivity index (χ2v) is 8.79. The summed E-state index contributed by atoms with van der Waals surface area (Å²) in [5, 5.41) is 0.244. The molecule has 0 unspecified atom stereocenters. The zero-order chi connectivity index (χ0) is 20.1. The predicted molar refractivity (Wildman–Crippen MR) is 106 cm³/mol. The van der Waals surface area contributed by atoms with Crippen molar-refractivity contribution in [2.75, 3.05) is 26.7 Å². The van der Waals surface area contributed by atoms with E-state index in [-0.39, 0.29) is 21.7 Å². The Kier molecular flexibility index (Phi) is 6.53. The molecule has 1 amide bonds.